The lowest BCUT2D eigenvalue weighted by atomic mass is 9.99. The van der Waals surface area contributed by atoms with Crippen molar-refractivity contribution in [2.75, 3.05) is 5.43 Å². The third-order valence-corrected chi connectivity index (χ3v) is 3.11. The Morgan fingerprint density at radius 3 is 2.44 bits per heavy atom. The van der Waals surface area contributed by atoms with E-state index in [0.717, 1.165) is 18.6 Å². The Labute approximate surface area is 106 Å². The quantitative estimate of drug-likeness (QED) is 0.785. The van der Waals surface area contributed by atoms with E-state index < -0.39 is 0 Å². The number of aryl methyl sites for hydroxylation is 1. The third-order valence-electron chi connectivity index (χ3n) is 3.11. The van der Waals surface area contributed by atoms with Crippen LogP contribution < -0.4 is 11.0 Å². The Morgan fingerprint density at radius 2 is 1.78 bits per heavy atom. The maximum absolute atomic E-state index is 11.3. The summed E-state index contributed by atoms with van der Waals surface area (Å²) in [5.74, 6) is 0.306. The van der Waals surface area contributed by atoms with Gasteiger partial charge in [0.25, 0.3) is 5.56 Å². The number of H-pyrrole nitrogens is 1. The molecule has 1 fully saturated rings. The van der Waals surface area contributed by atoms with Gasteiger partial charge in [-0.1, -0.05) is 19.3 Å². The largest absolute Gasteiger partial charge is 0.288 e. The van der Waals surface area contributed by atoms with E-state index in [0.29, 0.717) is 11.6 Å². The van der Waals surface area contributed by atoms with Crippen LogP contribution in [0.5, 0.6) is 0 Å². The molecule has 0 radical (unpaired) electrons. The SMILES string of the molecule is Cc1nnc(NN=C2CCCCCCC2)[nH]c1=O. The number of hydrogen-bond acceptors (Lipinski definition) is 5. The zero-order valence-corrected chi connectivity index (χ0v) is 10.7. The monoisotopic (exact) mass is 249 g/mol. The number of anilines is 1. The standard InChI is InChI=1S/C12H19N5O/c1-9-11(18)13-12(16-14-9)17-15-10-7-5-3-2-4-6-8-10/h2-8H2,1H3,(H2,13,16,17,18). The lowest BCUT2D eigenvalue weighted by Crippen LogP contribution is -2.16. The van der Waals surface area contributed by atoms with Gasteiger partial charge in [0.2, 0.25) is 5.95 Å². The van der Waals surface area contributed by atoms with Gasteiger partial charge in [0, 0.05) is 5.71 Å². The molecule has 1 saturated carbocycles. The van der Waals surface area contributed by atoms with Gasteiger partial charge in [-0.25, -0.2) is 5.43 Å². The zero-order chi connectivity index (χ0) is 12.8. The molecule has 18 heavy (non-hydrogen) atoms. The summed E-state index contributed by atoms with van der Waals surface area (Å²) in [6, 6.07) is 0. The van der Waals surface area contributed by atoms with Crippen molar-refractivity contribution >= 4 is 11.7 Å². The highest BCUT2D eigenvalue weighted by molar-refractivity contribution is 5.84. The molecule has 1 aliphatic carbocycles. The highest BCUT2D eigenvalue weighted by Gasteiger charge is 2.05. The Morgan fingerprint density at radius 1 is 1.11 bits per heavy atom. The van der Waals surface area contributed by atoms with Gasteiger partial charge < -0.3 is 0 Å². The number of hydrazone groups is 1. The van der Waals surface area contributed by atoms with Crippen LogP contribution in [0.3, 0.4) is 0 Å². The summed E-state index contributed by atoms with van der Waals surface area (Å²) in [6.45, 7) is 1.62. The van der Waals surface area contributed by atoms with Crippen LogP contribution in [-0.2, 0) is 0 Å². The summed E-state index contributed by atoms with van der Waals surface area (Å²) in [4.78, 5) is 13.9. The van der Waals surface area contributed by atoms with Crippen LogP contribution in [0.25, 0.3) is 0 Å². The van der Waals surface area contributed by atoms with Gasteiger partial charge in [0.1, 0.15) is 5.69 Å². The van der Waals surface area contributed by atoms with Crippen molar-refractivity contribution in [2.24, 2.45) is 5.10 Å². The highest BCUT2D eigenvalue weighted by atomic mass is 16.1. The van der Waals surface area contributed by atoms with Gasteiger partial charge in [0.15, 0.2) is 0 Å². The molecule has 6 nitrogen and oxygen atoms in total. The molecule has 0 bridgehead atoms. The fraction of sp³-hybridized carbons (Fsp3) is 0.667. The first-order valence-electron chi connectivity index (χ1n) is 6.51. The molecule has 1 heterocycles. The van der Waals surface area contributed by atoms with Gasteiger partial charge in [-0.2, -0.15) is 5.10 Å². The van der Waals surface area contributed by atoms with Crippen molar-refractivity contribution in [1.29, 1.82) is 0 Å². The number of rotatable bonds is 2. The normalized spacial score (nSPS) is 16.8. The van der Waals surface area contributed by atoms with Crippen molar-refractivity contribution in [3.63, 3.8) is 0 Å². The Balaban J connectivity index is 1.99. The first-order valence-corrected chi connectivity index (χ1v) is 6.51. The minimum absolute atomic E-state index is 0.231. The average molecular weight is 249 g/mol. The predicted octanol–water partition coefficient (Wildman–Crippen LogP) is 1.99. The molecule has 0 saturated heterocycles. The molecule has 0 aromatic carbocycles. The van der Waals surface area contributed by atoms with E-state index in [1.807, 2.05) is 0 Å². The number of aromatic amines is 1. The van der Waals surface area contributed by atoms with Crippen LogP contribution in [0, 0.1) is 6.92 Å². The molecule has 0 aliphatic heterocycles. The average Bonchev–Trinajstić information content (AvgIpc) is 2.32. The van der Waals surface area contributed by atoms with Crippen LogP contribution in [0.4, 0.5) is 5.95 Å². The molecule has 1 aromatic rings. The Bertz CT molecular complexity index is 470. The predicted molar refractivity (Wildman–Crippen MR) is 70.8 cm³/mol. The topological polar surface area (TPSA) is 83.0 Å². The maximum Gasteiger partial charge on any atom is 0.274 e. The van der Waals surface area contributed by atoms with Crippen LogP contribution in [0.2, 0.25) is 0 Å². The summed E-state index contributed by atoms with van der Waals surface area (Å²) in [7, 11) is 0. The van der Waals surface area contributed by atoms with Crippen LogP contribution in [-0.4, -0.2) is 20.9 Å². The maximum atomic E-state index is 11.3. The Kier molecular flexibility index (Phi) is 4.44. The zero-order valence-electron chi connectivity index (χ0n) is 10.7. The van der Waals surface area contributed by atoms with E-state index in [2.05, 4.69) is 25.7 Å². The highest BCUT2D eigenvalue weighted by Crippen LogP contribution is 2.15. The van der Waals surface area contributed by atoms with E-state index in [1.54, 1.807) is 6.92 Å². The summed E-state index contributed by atoms with van der Waals surface area (Å²) in [5.41, 5.74) is 4.07. The number of nitrogens with zero attached hydrogens (tertiary/aromatic N) is 3. The van der Waals surface area contributed by atoms with E-state index in [4.69, 9.17) is 0 Å². The molecular formula is C12H19N5O. The lowest BCUT2D eigenvalue weighted by Gasteiger charge is -2.10. The van der Waals surface area contributed by atoms with Crippen LogP contribution >= 0.6 is 0 Å². The van der Waals surface area contributed by atoms with Crippen molar-refractivity contribution in [2.45, 2.75) is 51.9 Å². The van der Waals surface area contributed by atoms with Crippen molar-refractivity contribution < 1.29 is 0 Å². The molecule has 98 valence electrons. The minimum Gasteiger partial charge on any atom is -0.288 e. The molecular weight excluding hydrogens is 230 g/mol. The molecule has 0 atom stereocenters. The molecule has 1 aliphatic rings. The summed E-state index contributed by atoms with van der Waals surface area (Å²) in [6.07, 6.45) is 8.32. The van der Waals surface area contributed by atoms with Gasteiger partial charge in [-0.3, -0.25) is 9.78 Å². The van der Waals surface area contributed by atoms with E-state index in [-0.39, 0.29) is 5.56 Å². The van der Waals surface area contributed by atoms with Gasteiger partial charge >= 0.3 is 0 Å². The van der Waals surface area contributed by atoms with Crippen LogP contribution in [0.1, 0.15) is 50.6 Å². The minimum atomic E-state index is -0.231. The van der Waals surface area contributed by atoms with Gasteiger partial charge in [-0.05, 0) is 32.6 Å². The molecule has 2 rings (SSSR count). The first kappa shape index (κ1) is 12.7. The summed E-state index contributed by atoms with van der Waals surface area (Å²) in [5, 5.41) is 11.9. The summed E-state index contributed by atoms with van der Waals surface area (Å²) >= 11 is 0. The Hall–Kier alpha value is -1.72. The molecule has 0 unspecified atom stereocenters. The first-order chi connectivity index (χ1) is 8.75. The second kappa shape index (κ2) is 6.28. The van der Waals surface area contributed by atoms with Crippen LogP contribution in [0.15, 0.2) is 9.90 Å². The van der Waals surface area contributed by atoms with E-state index in [1.165, 1.54) is 32.1 Å². The van der Waals surface area contributed by atoms with Gasteiger partial charge in [0.05, 0.1) is 0 Å². The summed E-state index contributed by atoms with van der Waals surface area (Å²) < 4.78 is 0. The molecule has 0 spiro atoms. The fourth-order valence-corrected chi connectivity index (χ4v) is 2.00. The van der Waals surface area contributed by atoms with Crippen molar-refractivity contribution in [3.05, 3.63) is 16.0 Å². The number of aromatic nitrogens is 3. The van der Waals surface area contributed by atoms with Crippen molar-refractivity contribution in [1.82, 2.24) is 15.2 Å². The number of nitrogens with one attached hydrogen (secondary N) is 2. The molecule has 0 amide bonds. The van der Waals surface area contributed by atoms with E-state index in [9.17, 15) is 4.79 Å². The molecule has 6 heteroatoms. The number of hydrogen-bond donors (Lipinski definition) is 2. The van der Waals surface area contributed by atoms with E-state index >= 15 is 0 Å². The molecule has 1 aromatic heterocycles. The lowest BCUT2D eigenvalue weighted by molar-refractivity contribution is 0.606. The second-order valence-corrected chi connectivity index (χ2v) is 4.65. The van der Waals surface area contributed by atoms with Gasteiger partial charge in [-0.15, -0.1) is 10.2 Å². The van der Waals surface area contributed by atoms with Crippen molar-refractivity contribution in [3.8, 4) is 0 Å². The second-order valence-electron chi connectivity index (χ2n) is 4.65. The smallest absolute Gasteiger partial charge is 0.274 e. The third kappa shape index (κ3) is 3.65. The fourth-order valence-electron chi connectivity index (χ4n) is 2.00. The molecule has 2 N–H and O–H groups in total.